The van der Waals surface area contributed by atoms with E-state index in [2.05, 4.69) is 10.3 Å². The Morgan fingerprint density at radius 2 is 1.70 bits per heavy atom. The topological polar surface area (TPSA) is 118 Å². The zero-order valence-electron chi connectivity index (χ0n) is 23.9. The van der Waals surface area contributed by atoms with E-state index in [1.54, 1.807) is 26.0 Å². The van der Waals surface area contributed by atoms with Crippen LogP contribution in [0.25, 0.3) is 10.8 Å². The normalized spacial score (nSPS) is 28.1. The lowest BCUT2D eigenvalue weighted by atomic mass is 9.68. The second-order valence-corrected chi connectivity index (χ2v) is 14.1. The van der Waals surface area contributed by atoms with Crippen LogP contribution in [0.3, 0.4) is 0 Å². The third-order valence-electron chi connectivity index (χ3n) is 9.95. The number of ether oxygens (including phenoxy) is 2. The summed E-state index contributed by atoms with van der Waals surface area (Å²) in [6, 6.07) is 19.2. The number of anilines is 1. The Bertz CT molecular complexity index is 1910. The summed E-state index contributed by atoms with van der Waals surface area (Å²) in [6.07, 6.45) is 0.772. The molecule has 224 valence electrons. The van der Waals surface area contributed by atoms with Crippen LogP contribution in [0.15, 0.2) is 70.5 Å². The summed E-state index contributed by atoms with van der Waals surface area (Å²) in [5.74, 6) is -0.796. The van der Waals surface area contributed by atoms with Crippen LogP contribution in [-0.2, 0) is 14.4 Å². The van der Waals surface area contributed by atoms with Gasteiger partial charge in [-0.25, -0.2) is 0 Å². The fourth-order valence-electron chi connectivity index (χ4n) is 8.32. The summed E-state index contributed by atoms with van der Waals surface area (Å²) >= 11 is 2.85. The van der Waals surface area contributed by atoms with Crippen molar-refractivity contribution in [2.45, 2.75) is 22.6 Å². The van der Waals surface area contributed by atoms with Gasteiger partial charge in [-0.3, -0.25) is 24.1 Å². The van der Waals surface area contributed by atoms with E-state index in [9.17, 15) is 19.2 Å². The highest BCUT2D eigenvalue weighted by Gasteiger charge is 2.69. The van der Waals surface area contributed by atoms with Gasteiger partial charge in [0, 0.05) is 27.1 Å². The van der Waals surface area contributed by atoms with Crippen LogP contribution in [0.5, 0.6) is 11.5 Å². The highest BCUT2D eigenvalue weighted by molar-refractivity contribution is 8.00. The number of nitrogens with one attached hydrogen (secondary N) is 2. The second-order valence-electron chi connectivity index (χ2n) is 11.9. The fraction of sp³-hybridized carbons (Fsp3) is 0.333. The van der Waals surface area contributed by atoms with Crippen molar-refractivity contribution in [3.8, 4) is 11.5 Å². The number of methoxy groups -OCH3 is 2. The Kier molecular flexibility index (Phi) is 6.39. The smallest absolute Gasteiger partial charge is 0.305 e. The van der Waals surface area contributed by atoms with Gasteiger partial charge in [-0.15, -0.1) is 11.8 Å². The first-order chi connectivity index (χ1) is 21.4. The summed E-state index contributed by atoms with van der Waals surface area (Å²) in [5.41, 5.74) is 1.63. The van der Waals surface area contributed by atoms with E-state index in [1.807, 2.05) is 60.7 Å². The van der Waals surface area contributed by atoms with E-state index in [4.69, 9.17) is 9.47 Å². The van der Waals surface area contributed by atoms with Crippen molar-refractivity contribution in [3.63, 3.8) is 0 Å². The number of thioether (sulfide) groups is 1. The van der Waals surface area contributed by atoms with Crippen LogP contribution in [0.4, 0.5) is 5.69 Å². The number of carbonyl (C=O) groups excluding carboxylic acids is 3. The van der Waals surface area contributed by atoms with E-state index >= 15 is 0 Å². The summed E-state index contributed by atoms with van der Waals surface area (Å²) in [4.78, 5) is 58.7. The van der Waals surface area contributed by atoms with Crippen molar-refractivity contribution in [2.75, 3.05) is 26.1 Å². The van der Waals surface area contributed by atoms with E-state index in [0.717, 1.165) is 32.7 Å². The SMILES string of the molecule is COc1ccc([C@H]2c3sc(=O)[nH]c3SC3C4CC(C5C(=O)N(CC(=O)Nc6cccc7ccccc67)C(=O)C45)C32)cc1OC. The van der Waals surface area contributed by atoms with Crippen molar-refractivity contribution >= 4 is 57.3 Å². The lowest BCUT2D eigenvalue weighted by molar-refractivity contribution is -0.143. The Hall–Kier alpha value is -4.09. The number of hydrogen-bond donors (Lipinski definition) is 2. The molecule has 0 spiro atoms. The summed E-state index contributed by atoms with van der Waals surface area (Å²) < 4.78 is 11.1. The first kappa shape index (κ1) is 27.5. The van der Waals surface area contributed by atoms with Crippen LogP contribution in [0.1, 0.15) is 22.8 Å². The predicted octanol–water partition coefficient (Wildman–Crippen LogP) is 4.72. The summed E-state index contributed by atoms with van der Waals surface area (Å²) in [6.45, 7) is -0.310. The number of likely N-dealkylation sites (tertiary alicyclic amines) is 1. The second kappa shape index (κ2) is 10.2. The number of rotatable bonds is 6. The Morgan fingerprint density at radius 1 is 0.955 bits per heavy atom. The maximum Gasteiger partial charge on any atom is 0.305 e. The van der Waals surface area contributed by atoms with E-state index in [-0.39, 0.29) is 52.2 Å². The van der Waals surface area contributed by atoms with Crippen molar-refractivity contribution in [3.05, 3.63) is 80.8 Å². The number of amides is 3. The minimum Gasteiger partial charge on any atom is -0.493 e. The molecule has 9 nitrogen and oxygen atoms in total. The molecular formula is C33H29N3O6S2. The van der Waals surface area contributed by atoms with Gasteiger partial charge in [-0.2, -0.15) is 0 Å². The van der Waals surface area contributed by atoms with Crippen LogP contribution < -0.4 is 19.7 Å². The standard InChI is InChI=1S/C33H29N3O6S2/c1-41-21-11-10-16(12-22(21)42-2)24-25-18-13-19(28(25)43-30-29(24)44-33(40)35-30)27-26(18)31(38)36(32(27)39)14-23(37)34-20-9-5-7-15-6-3-4-8-17(15)20/h3-12,18-19,24-28H,13-14H2,1-2H3,(H,34,37)(H,35,40)/t18?,19?,24-,25?,26?,27?,28?/m1/s1. The van der Waals surface area contributed by atoms with Crippen molar-refractivity contribution in [1.29, 1.82) is 0 Å². The predicted molar refractivity (Wildman–Crippen MR) is 167 cm³/mol. The van der Waals surface area contributed by atoms with E-state index < -0.39 is 17.7 Å². The number of hydrogen-bond acceptors (Lipinski definition) is 8. The van der Waals surface area contributed by atoms with Gasteiger partial charge in [-0.05, 0) is 53.3 Å². The Morgan fingerprint density at radius 3 is 2.50 bits per heavy atom. The molecule has 3 fully saturated rings. The first-order valence-electron chi connectivity index (χ1n) is 14.6. The van der Waals surface area contributed by atoms with Gasteiger partial charge in [0.05, 0.1) is 31.1 Å². The molecule has 3 heterocycles. The zero-order valence-corrected chi connectivity index (χ0v) is 25.6. The van der Waals surface area contributed by atoms with Gasteiger partial charge < -0.3 is 19.8 Å². The molecule has 0 radical (unpaired) electrons. The van der Waals surface area contributed by atoms with Crippen molar-refractivity contribution in [1.82, 2.24) is 9.88 Å². The lowest BCUT2D eigenvalue weighted by Crippen LogP contribution is -2.42. The maximum atomic E-state index is 14.0. The highest BCUT2D eigenvalue weighted by Crippen LogP contribution is 2.68. The van der Waals surface area contributed by atoms with Crippen LogP contribution in [0.2, 0.25) is 0 Å². The average Bonchev–Trinajstić information content (AvgIpc) is 3.77. The monoisotopic (exact) mass is 627 g/mol. The van der Waals surface area contributed by atoms with Crippen LogP contribution in [0, 0.1) is 29.6 Å². The molecule has 2 aliphatic heterocycles. The van der Waals surface area contributed by atoms with E-state index in [0.29, 0.717) is 17.2 Å². The molecule has 4 aromatic rings. The quantitative estimate of drug-likeness (QED) is 0.297. The molecule has 44 heavy (non-hydrogen) atoms. The van der Waals surface area contributed by atoms with Gasteiger partial charge in [0.25, 0.3) is 0 Å². The Labute approximate surface area is 260 Å². The minimum atomic E-state index is -0.473. The maximum absolute atomic E-state index is 14.0. The molecule has 6 unspecified atom stereocenters. The average molecular weight is 628 g/mol. The number of aromatic amines is 1. The molecule has 2 aliphatic carbocycles. The number of benzene rings is 3. The molecule has 1 aromatic heterocycles. The summed E-state index contributed by atoms with van der Waals surface area (Å²) in [7, 11) is 3.19. The molecule has 3 aromatic carbocycles. The molecule has 11 heteroatoms. The summed E-state index contributed by atoms with van der Waals surface area (Å²) in [5, 5.41) is 5.70. The zero-order chi connectivity index (χ0) is 30.3. The van der Waals surface area contributed by atoms with E-state index in [1.165, 1.54) is 16.2 Å². The van der Waals surface area contributed by atoms with Crippen LogP contribution >= 0.6 is 23.1 Å². The molecular weight excluding hydrogens is 599 g/mol. The third-order valence-corrected chi connectivity index (χ3v) is 12.5. The fourth-order valence-corrected chi connectivity index (χ4v) is 11.2. The molecule has 2 N–H and O–H groups in total. The molecule has 8 rings (SSSR count). The van der Waals surface area contributed by atoms with Crippen LogP contribution in [-0.4, -0.2) is 53.6 Å². The van der Waals surface area contributed by atoms with Crippen molar-refractivity contribution < 1.29 is 23.9 Å². The molecule has 4 aliphatic rings. The number of aromatic nitrogens is 1. The molecule has 2 saturated carbocycles. The van der Waals surface area contributed by atoms with Gasteiger partial charge >= 0.3 is 4.87 Å². The first-order valence-corrected chi connectivity index (χ1v) is 16.3. The Balaban J connectivity index is 1.10. The largest absolute Gasteiger partial charge is 0.493 e. The van der Waals surface area contributed by atoms with Gasteiger partial charge in [0.1, 0.15) is 6.54 Å². The van der Waals surface area contributed by atoms with Gasteiger partial charge in [0.15, 0.2) is 11.5 Å². The minimum absolute atomic E-state index is 0.0261. The number of thiazole rings is 1. The number of nitrogens with zero attached hydrogens (tertiary/aromatic N) is 1. The van der Waals surface area contributed by atoms with Gasteiger partial charge in [-0.1, -0.05) is 53.8 Å². The number of imide groups is 1. The number of fused-ring (bicyclic) bond motifs is 10. The number of carbonyl (C=O) groups is 3. The lowest BCUT2D eigenvalue weighted by Gasteiger charge is -2.43. The molecule has 3 amide bonds. The van der Waals surface area contributed by atoms with Gasteiger partial charge in [0.2, 0.25) is 17.7 Å². The third kappa shape index (κ3) is 3.98. The highest BCUT2D eigenvalue weighted by atomic mass is 32.2. The van der Waals surface area contributed by atoms with Crippen molar-refractivity contribution in [2.24, 2.45) is 29.6 Å². The number of H-pyrrole nitrogens is 1. The molecule has 2 bridgehead atoms. The molecule has 1 saturated heterocycles. The molecule has 7 atom stereocenters.